The minimum atomic E-state index is -0.345. The molecule has 0 atom stereocenters. The molecule has 2 aromatic rings. The summed E-state index contributed by atoms with van der Waals surface area (Å²) in [6.45, 7) is 4.72. The lowest BCUT2D eigenvalue weighted by Gasteiger charge is -2.25. The van der Waals surface area contributed by atoms with Crippen molar-refractivity contribution < 1.29 is 14.2 Å². The molecule has 2 aliphatic heterocycles. The maximum absolute atomic E-state index is 13.4. The first-order chi connectivity index (χ1) is 12.7. The molecule has 3 heterocycles. The Kier molecular flexibility index (Phi) is 4.93. The molecule has 2 N–H and O–H groups in total. The van der Waals surface area contributed by atoms with Crippen LogP contribution in [0.1, 0.15) is 31.2 Å². The molecule has 26 heavy (non-hydrogen) atoms. The van der Waals surface area contributed by atoms with Gasteiger partial charge in [-0.1, -0.05) is 6.42 Å². The zero-order chi connectivity index (χ0) is 17.9. The van der Waals surface area contributed by atoms with Crippen LogP contribution < -0.4 is 0 Å². The third-order valence-electron chi connectivity index (χ3n) is 5.06. The molecule has 0 bridgehead atoms. The van der Waals surface area contributed by atoms with Gasteiger partial charge in [0.2, 0.25) is 5.88 Å². The van der Waals surface area contributed by atoms with Crippen molar-refractivity contribution in [2.45, 2.75) is 25.7 Å². The van der Waals surface area contributed by atoms with E-state index in [1.165, 1.54) is 44.5 Å². The number of benzene rings is 1. The lowest BCUT2D eigenvalue weighted by atomic mass is 10.1. The summed E-state index contributed by atoms with van der Waals surface area (Å²) in [5, 5.41) is 10.9. The van der Waals surface area contributed by atoms with Gasteiger partial charge < -0.3 is 19.7 Å². The monoisotopic (exact) mass is 357 g/mol. The highest BCUT2D eigenvalue weighted by Gasteiger charge is 2.21. The first-order valence-electron chi connectivity index (χ1n) is 9.31. The van der Waals surface area contributed by atoms with Crippen molar-refractivity contribution in [3.05, 3.63) is 35.7 Å². The van der Waals surface area contributed by atoms with Crippen LogP contribution in [0.2, 0.25) is 0 Å². The highest BCUT2D eigenvalue weighted by molar-refractivity contribution is 6.07. The number of hydrogen-bond donors (Lipinski definition) is 2. The second-order valence-corrected chi connectivity index (χ2v) is 6.96. The van der Waals surface area contributed by atoms with Crippen molar-refractivity contribution in [1.29, 1.82) is 0 Å². The second-order valence-electron chi connectivity index (χ2n) is 6.96. The van der Waals surface area contributed by atoms with Crippen molar-refractivity contribution in [1.82, 2.24) is 9.88 Å². The number of piperidine rings is 1. The van der Waals surface area contributed by atoms with Crippen LogP contribution in [0.3, 0.4) is 0 Å². The van der Waals surface area contributed by atoms with Crippen molar-refractivity contribution in [2.75, 3.05) is 32.8 Å². The highest BCUT2D eigenvalue weighted by Crippen LogP contribution is 2.35. The standard InChI is InChI=1S/C20H24FN3O2/c21-14-5-6-16-17(11-14)23-20(25)19(16)18-12-15(13-26-18)22-7-4-10-24-8-2-1-3-9-24/h5-6,11-12,23,25H,1-4,7-10,13H2. The summed E-state index contributed by atoms with van der Waals surface area (Å²) in [5.41, 5.74) is 2.00. The molecule has 0 saturated carbocycles. The third kappa shape index (κ3) is 3.60. The summed E-state index contributed by atoms with van der Waals surface area (Å²) in [6, 6.07) is 4.39. The number of halogens is 1. The molecule has 0 amide bonds. The smallest absolute Gasteiger partial charge is 0.200 e. The number of fused-ring (bicyclic) bond motifs is 1. The van der Waals surface area contributed by atoms with Crippen LogP contribution in [0.15, 0.2) is 29.3 Å². The molecule has 0 spiro atoms. The van der Waals surface area contributed by atoms with Gasteiger partial charge in [0, 0.05) is 18.0 Å². The lowest BCUT2D eigenvalue weighted by Crippen LogP contribution is -2.30. The van der Waals surface area contributed by atoms with Crippen molar-refractivity contribution in [3.63, 3.8) is 0 Å². The van der Waals surface area contributed by atoms with Gasteiger partial charge in [-0.15, -0.1) is 0 Å². The van der Waals surface area contributed by atoms with E-state index in [4.69, 9.17) is 4.74 Å². The Hall–Kier alpha value is -2.34. The summed E-state index contributed by atoms with van der Waals surface area (Å²) >= 11 is 0. The van der Waals surface area contributed by atoms with Crippen LogP contribution in [0, 0.1) is 5.82 Å². The van der Waals surface area contributed by atoms with Crippen LogP contribution in [0.4, 0.5) is 4.39 Å². The Bertz CT molecular complexity index is 850. The molecule has 1 fully saturated rings. The summed E-state index contributed by atoms with van der Waals surface area (Å²) in [4.78, 5) is 9.94. The van der Waals surface area contributed by atoms with Crippen molar-refractivity contribution >= 4 is 22.4 Å². The van der Waals surface area contributed by atoms with Gasteiger partial charge in [-0.2, -0.15) is 0 Å². The SMILES string of the molecule is Oc1[nH]c2cc(F)ccc2c1C1=CC(=NCCCN2CCCCC2)CO1. The molecule has 138 valence electrons. The maximum atomic E-state index is 13.4. The van der Waals surface area contributed by atoms with Crippen LogP contribution in [-0.4, -0.2) is 53.5 Å². The Labute approximate surface area is 152 Å². The third-order valence-corrected chi connectivity index (χ3v) is 5.06. The van der Waals surface area contributed by atoms with E-state index in [0.29, 0.717) is 23.4 Å². The van der Waals surface area contributed by atoms with E-state index in [0.717, 1.165) is 30.6 Å². The minimum absolute atomic E-state index is 0.0109. The van der Waals surface area contributed by atoms with Gasteiger partial charge in [0.15, 0.2) is 0 Å². The number of hydrogen-bond acceptors (Lipinski definition) is 4. The summed E-state index contributed by atoms with van der Waals surface area (Å²) in [5.74, 6) is 0.223. The fraction of sp³-hybridized carbons (Fsp3) is 0.450. The topological polar surface area (TPSA) is 60.8 Å². The maximum Gasteiger partial charge on any atom is 0.200 e. The molecular formula is C20H24FN3O2. The summed E-state index contributed by atoms with van der Waals surface area (Å²) in [6.07, 6.45) is 6.90. The molecular weight excluding hydrogens is 333 g/mol. The van der Waals surface area contributed by atoms with Gasteiger partial charge in [0.25, 0.3) is 0 Å². The number of rotatable bonds is 5. The molecule has 5 nitrogen and oxygen atoms in total. The molecule has 1 saturated heterocycles. The van der Waals surface area contributed by atoms with Crippen LogP contribution in [0.5, 0.6) is 5.88 Å². The van der Waals surface area contributed by atoms with Gasteiger partial charge in [-0.25, -0.2) is 4.39 Å². The van der Waals surface area contributed by atoms with Crippen LogP contribution >= 0.6 is 0 Å². The van der Waals surface area contributed by atoms with E-state index in [9.17, 15) is 9.50 Å². The Morgan fingerprint density at radius 2 is 2.08 bits per heavy atom. The molecule has 0 unspecified atom stereocenters. The van der Waals surface area contributed by atoms with Gasteiger partial charge in [-0.05, 0) is 57.1 Å². The van der Waals surface area contributed by atoms with Crippen molar-refractivity contribution in [3.8, 4) is 5.88 Å². The van der Waals surface area contributed by atoms with E-state index in [1.54, 1.807) is 6.07 Å². The number of nitrogens with one attached hydrogen (secondary N) is 1. The van der Waals surface area contributed by atoms with E-state index in [-0.39, 0.29) is 11.7 Å². The predicted molar refractivity (Wildman–Crippen MR) is 101 cm³/mol. The fourth-order valence-corrected chi connectivity index (χ4v) is 3.73. The molecule has 1 aromatic carbocycles. The Morgan fingerprint density at radius 3 is 2.92 bits per heavy atom. The number of aromatic amines is 1. The largest absolute Gasteiger partial charge is 0.494 e. The molecule has 6 heteroatoms. The average Bonchev–Trinajstić information content (AvgIpc) is 3.22. The molecule has 4 rings (SSSR count). The van der Waals surface area contributed by atoms with Crippen LogP contribution in [-0.2, 0) is 4.74 Å². The number of aromatic hydroxyl groups is 1. The van der Waals surface area contributed by atoms with Gasteiger partial charge in [0.05, 0.1) is 16.8 Å². The van der Waals surface area contributed by atoms with Gasteiger partial charge >= 0.3 is 0 Å². The molecule has 0 radical (unpaired) electrons. The number of aliphatic imine (C=N–C) groups is 1. The number of aromatic nitrogens is 1. The molecule has 2 aliphatic rings. The first kappa shape index (κ1) is 17.1. The van der Waals surface area contributed by atoms with Crippen LogP contribution in [0.25, 0.3) is 16.7 Å². The predicted octanol–water partition coefficient (Wildman–Crippen LogP) is 3.70. The zero-order valence-electron chi connectivity index (χ0n) is 14.8. The summed E-state index contributed by atoms with van der Waals surface area (Å²) in [7, 11) is 0. The minimum Gasteiger partial charge on any atom is -0.494 e. The lowest BCUT2D eigenvalue weighted by molar-refractivity contribution is 0.228. The Morgan fingerprint density at radius 1 is 1.23 bits per heavy atom. The molecule has 1 aromatic heterocycles. The molecule has 0 aliphatic carbocycles. The first-order valence-corrected chi connectivity index (χ1v) is 9.31. The average molecular weight is 357 g/mol. The normalized spacial score (nSPS) is 19.9. The highest BCUT2D eigenvalue weighted by atomic mass is 19.1. The van der Waals surface area contributed by atoms with E-state index >= 15 is 0 Å². The number of likely N-dealkylation sites (tertiary alicyclic amines) is 1. The number of H-pyrrole nitrogens is 1. The van der Waals surface area contributed by atoms with Crippen molar-refractivity contribution in [2.24, 2.45) is 4.99 Å². The quantitative estimate of drug-likeness (QED) is 0.802. The number of nitrogens with zero attached hydrogens (tertiary/aromatic N) is 2. The van der Waals surface area contributed by atoms with Gasteiger partial charge in [0.1, 0.15) is 18.2 Å². The van der Waals surface area contributed by atoms with E-state index in [2.05, 4.69) is 14.9 Å². The van der Waals surface area contributed by atoms with Gasteiger partial charge in [-0.3, -0.25) is 4.99 Å². The zero-order valence-corrected chi connectivity index (χ0v) is 14.8. The Balaban J connectivity index is 1.42. The van der Waals surface area contributed by atoms with E-state index in [1.807, 2.05) is 6.08 Å². The number of ether oxygens (including phenoxy) is 1. The second kappa shape index (κ2) is 7.50. The fourth-order valence-electron chi connectivity index (χ4n) is 3.73. The van der Waals surface area contributed by atoms with E-state index < -0.39 is 0 Å². The summed E-state index contributed by atoms with van der Waals surface area (Å²) < 4.78 is 19.1.